The van der Waals surface area contributed by atoms with Gasteiger partial charge in [-0.15, -0.1) is 0 Å². The zero-order chi connectivity index (χ0) is 7.98. The molecule has 0 aromatic carbocycles. The first-order chi connectivity index (χ1) is 4.72. The first kappa shape index (κ1) is 9.10. The molecule has 0 aromatic heterocycles. The Hall–Kier alpha value is -0.900. The van der Waals surface area contributed by atoms with Gasteiger partial charge in [0.05, 0.1) is 12.9 Å². The van der Waals surface area contributed by atoms with Crippen molar-refractivity contribution >= 4 is 12.2 Å². The summed E-state index contributed by atoms with van der Waals surface area (Å²) in [6.07, 6.45) is 1.12. The van der Waals surface area contributed by atoms with Crippen LogP contribution in [0.1, 0.15) is 6.92 Å². The van der Waals surface area contributed by atoms with E-state index in [2.05, 4.69) is 5.32 Å². The Morgan fingerprint density at radius 2 is 2.30 bits per heavy atom. The molecule has 0 rings (SSSR count). The fourth-order valence-corrected chi connectivity index (χ4v) is 0.446. The number of hydrogen-bond donors (Lipinski definition) is 3. The summed E-state index contributed by atoms with van der Waals surface area (Å²) < 4.78 is 0. The van der Waals surface area contributed by atoms with Gasteiger partial charge < -0.3 is 10.2 Å². The summed E-state index contributed by atoms with van der Waals surface area (Å²) in [5.74, 6) is 0.414. The summed E-state index contributed by atoms with van der Waals surface area (Å²) in [6.45, 7) is 3.37. The maximum Gasteiger partial charge on any atom is 0.115 e. The van der Waals surface area contributed by atoms with Gasteiger partial charge in [-0.25, -0.2) is 0 Å². The van der Waals surface area contributed by atoms with Crippen LogP contribution in [-0.4, -0.2) is 37.2 Å². The van der Waals surface area contributed by atoms with Crippen molar-refractivity contribution in [3.8, 4) is 0 Å². The van der Waals surface area contributed by atoms with Crippen molar-refractivity contribution < 1.29 is 0 Å². The summed E-state index contributed by atoms with van der Waals surface area (Å²) in [5.41, 5.74) is 0. The van der Waals surface area contributed by atoms with Crippen LogP contribution < -0.4 is 5.32 Å². The summed E-state index contributed by atoms with van der Waals surface area (Å²) in [6, 6.07) is 0. The molecule has 0 radical (unpaired) electrons. The minimum absolute atomic E-state index is 0.414. The molecule has 0 saturated heterocycles. The normalized spacial score (nSPS) is 9.00. The van der Waals surface area contributed by atoms with Gasteiger partial charge >= 0.3 is 0 Å². The average molecular weight is 142 g/mol. The number of rotatable bonds is 4. The predicted molar refractivity (Wildman–Crippen MR) is 42.8 cm³/mol. The van der Waals surface area contributed by atoms with Crippen LogP contribution in [0.4, 0.5) is 0 Å². The third-order valence-electron chi connectivity index (χ3n) is 1.16. The van der Waals surface area contributed by atoms with E-state index in [4.69, 9.17) is 10.8 Å². The first-order valence-corrected chi connectivity index (χ1v) is 3.24. The van der Waals surface area contributed by atoms with Gasteiger partial charge in [0.25, 0.3) is 0 Å². The predicted octanol–water partition coefficient (Wildman–Crippen LogP) is 0.112. The maximum atomic E-state index is 7.31. The smallest absolute Gasteiger partial charge is 0.115 e. The van der Waals surface area contributed by atoms with Gasteiger partial charge in [-0.1, -0.05) is 6.92 Å². The monoisotopic (exact) mass is 142 g/mol. The van der Waals surface area contributed by atoms with E-state index < -0.39 is 0 Å². The van der Waals surface area contributed by atoms with Crippen molar-refractivity contribution in [3.05, 3.63) is 0 Å². The van der Waals surface area contributed by atoms with Crippen molar-refractivity contribution in [3.63, 3.8) is 0 Å². The van der Waals surface area contributed by atoms with Crippen LogP contribution in [0.2, 0.25) is 0 Å². The highest BCUT2D eigenvalue weighted by atomic mass is 15.2. The number of amidine groups is 1. The Morgan fingerprint density at radius 1 is 1.70 bits per heavy atom. The third-order valence-corrected chi connectivity index (χ3v) is 1.16. The maximum absolute atomic E-state index is 7.31. The fraction of sp³-hybridized carbons (Fsp3) is 0.667. The van der Waals surface area contributed by atoms with Gasteiger partial charge in [0.15, 0.2) is 0 Å². The van der Waals surface area contributed by atoms with E-state index in [9.17, 15) is 0 Å². The number of likely N-dealkylation sites (N-methyl/N-ethyl adjacent to an activating group) is 2. The minimum Gasteiger partial charge on any atom is -0.324 e. The summed E-state index contributed by atoms with van der Waals surface area (Å²) in [5, 5.41) is 17.1. The van der Waals surface area contributed by atoms with E-state index in [0.717, 1.165) is 12.9 Å². The topological polar surface area (TPSA) is 63.0 Å². The molecule has 0 atom stereocenters. The highest BCUT2D eigenvalue weighted by molar-refractivity contribution is 5.89. The lowest BCUT2D eigenvalue weighted by molar-refractivity contribution is 0.704. The average Bonchev–Trinajstić information content (AvgIpc) is 1.98. The highest BCUT2D eigenvalue weighted by Crippen LogP contribution is 1.76. The van der Waals surface area contributed by atoms with Gasteiger partial charge in [-0.3, -0.25) is 10.8 Å². The lowest BCUT2D eigenvalue weighted by atomic mass is 10.5. The molecule has 0 aliphatic rings. The van der Waals surface area contributed by atoms with Crippen LogP contribution in [0, 0.1) is 10.8 Å². The van der Waals surface area contributed by atoms with Crippen molar-refractivity contribution in [2.24, 2.45) is 0 Å². The van der Waals surface area contributed by atoms with E-state index in [-0.39, 0.29) is 0 Å². The molecule has 0 aliphatic heterocycles. The molecular formula is C6H14N4. The highest BCUT2D eigenvalue weighted by Gasteiger charge is 1.97. The van der Waals surface area contributed by atoms with Crippen LogP contribution in [0.3, 0.4) is 0 Å². The van der Waals surface area contributed by atoms with E-state index in [1.165, 1.54) is 4.90 Å². The fourth-order valence-electron chi connectivity index (χ4n) is 0.446. The van der Waals surface area contributed by atoms with E-state index in [1.807, 2.05) is 6.92 Å². The Morgan fingerprint density at radius 3 is 2.70 bits per heavy atom. The molecule has 0 bridgehead atoms. The molecule has 0 amide bonds. The van der Waals surface area contributed by atoms with Gasteiger partial charge in [0.1, 0.15) is 5.84 Å². The number of nitrogens with one attached hydrogen (secondary N) is 3. The summed E-state index contributed by atoms with van der Waals surface area (Å²) in [4.78, 5) is 1.46. The van der Waals surface area contributed by atoms with Gasteiger partial charge in [-0.05, 0) is 6.54 Å². The Balaban J connectivity index is 3.51. The van der Waals surface area contributed by atoms with Gasteiger partial charge in [-0.2, -0.15) is 0 Å². The summed E-state index contributed by atoms with van der Waals surface area (Å²) >= 11 is 0. The Labute approximate surface area is 61.2 Å². The van der Waals surface area contributed by atoms with Crippen LogP contribution in [-0.2, 0) is 0 Å². The molecule has 0 heterocycles. The SMILES string of the molecule is CCNCC(=N)N(C)C=N. The third kappa shape index (κ3) is 3.19. The number of nitrogens with zero attached hydrogens (tertiary/aromatic N) is 1. The molecular weight excluding hydrogens is 128 g/mol. The molecule has 0 unspecified atom stereocenters. The van der Waals surface area contributed by atoms with E-state index in [1.54, 1.807) is 7.05 Å². The lowest BCUT2D eigenvalue weighted by Crippen LogP contribution is -2.33. The second kappa shape index (κ2) is 4.93. The van der Waals surface area contributed by atoms with E-state index in [0.29, 0.717) is 12.4 Å². The molecule has 58 valence electrons. The standard InChI is InChI=1S/C6H14N4/c1-3-9-4-6(8)10(2)5-7/h5,7-9H,3-4H2,1-2H3. The summed E-state index contributed by atoms with van der Waals surface area (Å²) in [7, 11) is 1.69. The molecule has 4 nitrogen and oxygen atoms in total. The van der Waals surface area contributed by atoms with Gasteiger partial charge in [0, 0.05) is 7.05 Å². The van der Waals surface area contributed by atoms with Crippen molar-refractivity contribution in [2.75, 3.05) is 20.1 Å². The van der Waals surface area contributed by atoms with Crippen LogP contribution in [0.5, 0.6) is 0 Å². The van der Waals surface area contributed by atoms with Crippen LogP contribution >= 0.6 is 0 Å². The van der Waals surface area contributed by atoms with Crippen molar-refractivity contribution in [2.45, 2.75) is 6.92 Å². The molecule has 4 heteroatoms. The molecule has 0 saturated carbocycles. The largest absolute Gasteiger partial charge is 0.324 e. The minimum atomic E-state index is 0.414. The quantitative estimate of drug-likeness (QED) is 0.385. The zero-order valence-corrected chi connectivity index (χ0v) is 6.44. The van der Waals surface area contributed by atoms with Crippen molar-refractivity contribution in [1.29, 1.82) is 10.8 Å². The number of hydrogen-bond acceptors (Lipinski definition) is 3. The zero-order valence-electron chi connectivity index (χ0n) is 6.44. The second-order valence-corrected chi connectivity index (χ2v) is 1.97. The van der Waals surface area contributed by atoms with Crippen LogP contribution in [0.25, 0.3) is 0 Å². The van der Waals surface area contributed by atoms with Crippen LogP contribution in [0.15, 0.2) is 0 Å². The first-order valence-electron chi connectivity index (χ1n) is 3.24. The Kier molecular flexibility index (Phi) is 4.49. The lowest BCUT2D eigenvalue weighted by Gasteiger charge is -2.12. The molecule has 0 spiro atoms. The molecule has 0 aromatic rings. The van der Waals surface area contributed by atoms with E-state index >= 15 is 0 Å². The molecule has 0 aliphatic carbocycles. The molecule has 10 heavy (non-hydrogen) atoms. The second-order valence-electron chi connectivity index (χ2n) is 1.97. The van der Waals surface area contributed by atoms with Crippen molar-refractivity contribution in [1.82, 2.24) is 10.2 Å². The van der Waals surface area contributed by atoms with Gasteiger partial charge in [0.2, 0.25) is 0 Å². The Bertz CT molecular complexity index is 121. The molecule has 0 fully saturated rings. The molecule has 3 N–H and O–H groups in total.